The summed E-state index contributed by atoms with van der Waals surface area (Å²) in [7, 11) is 0. The molecular formula is C17H11F3N2O2S. The van der Waals surface area contributed by atoms with Crippen LogP contribution < -0.4 is 5.32 Å². The van der Waals surface area contributed by atoms with Crippen molar-refractivity contribution in [1.29, 1.82) is 0 Å². The standard InChI is InChI=1S/C17H11F3N2O2S/c18-17(19,20)11-4-2-5-12(9-11)21-16-22-15(24)14(25-16)8-10-3-1-6-13(23)7-10/h1-9,23H,(H,21,22,24)/b14-8+. The number of nitrogens with zero attached hydrogens (tertiary/aromatic N) is 1. The van der Waals surface area contributed by atoms with E-state index < -0.39 is 17.6 Å². The van der Waals surface area contributed by atoms with E-state index in [1.165, 1.54) is 24.3 Å². The molecule has 0 saturated carbocycles. The fourth-order valence-corrected chi connectivity index (χ4v) is 2.96. The van der Waals surface area contributed by atoms with Crippen LogP contribution in [0.3, 0.4) is 0 Å². The number of phenols is 1. The Morgan fingerprint density at radius 1 is 1.12 bits per heavy atom. The van der Waals surface area contributed by atoms with Crippen LogP contribution in [-0.2, 0) is 11.0 Å². The van der Waals surface area contributed by atoms with Crippen LogP contribution in [0.15, 0.2) is 58.4 Å². The van der Waals surface area contributed by atoms with Crippen LogP contribution in [0.1, 0.15) is 11.1 Å². The lowest BCUT2D eigenvalue weighted by Gasteiger charge is -2.06. The number of aromatic hydroxyl groups is 1. The summed E-state index contributed by atoms with van der Waals surface area (Å²) in [5.41, 5.74) is -0.0894. The number of carbonyl (C=O) groups is 1. The van der Waals surface area contributed by atoms with Gasteiger partial charge in [-0.05, 0) is 53.7 Å². The highest BCUT2D eigenvalue weighted by atomic mass is 32.2. The van der Waals surface area contributed by atoms with E-state index in [0.29, 0.717) is 10.5 Å². The predicted octanol–water partition coefficient (Wildman–Crippen LogP) is 4.30. The first kappa shape index (κ1) is 17.1. The normalized spacial score (nSPS) is 18.0. The second-order valence-corrected chi connectivity index (χ2v) is 6.16. The Balaban J connectivity index is 1.84. The number of carbonyl (C=O) groups excluding carboxylic acids is 1. The maximum Gasteiger partial charge on any atom is 0.416 e. The lowest BCUT2D eigenvalue weighted by atomic mass is 10.2. The largest absolute Gasteiger partial charge is 0.508 e. The van der Waals surface area contributed by atoms with Crippen molar-refractivity contribution < 1.29 is 23.1 Å². The molecule has 1 saturated heterocycles. The van der Waals surface area contributed by atoms with Gasteiger partial charge in [0.2, 0.25) is 0 Å². The molecule has 0 aliphatic carbocycles. The van der Waals surface area contributed by atoms with E-state index in [-0.39, 0.29) is 16.6 Å². The first-order valence-electron chi connectivity index (χ1n) is 7.07. The van der Waals surface area contributed by atoms with E-state index in [9.17, 15) is 23.1 Å². The highest BCUT2D eigenvalue weighted by molar-refractivity contribution is 8.18. The third kappa shape index (κ3) is 4.21. The van der Waals surface area contributed by atoms with Crippen molar-refractivity contribution >= 4 is 34.6 Å². The molecular weight excluding hydrogens is 353 g/mol. The van der Waals surface area contributed by atoms with E-state index in [1.54, 1.807) is 18.2 Å². The van der Waals surface area contributed by atoms with Gasteiger partial charge >= 0.3 is 6.18 Å². The molecule has 8 heteroatoms. The number of hydrogen-bond acceptors (Lipinski definition) is 4. The molecule has 2 aromatic carbocycles. The van der Waals surface area contributed by atoms with Gasteiger partial charge in [-0.25, -0.2) is 4.99 Å². The molecule has 1 fully saturated rings. The van der Waals surface area contributed by atoms with Crippen LogP contribution in [0, 0.1) is 0 Å². The van der Waals surface area contributed by atoms with Gasteiger partial charge in [0.25, 0.3) is 5.91 Å². The topological polar surface area (TPSA) is 61.7 Å². The second-order valence-electron chi connectivity index (χ2n) is 5.12. The quantitative estimate of drug-likeness (QED) is 0.781. The molecule has 1 amide bonds. The maximum absolute atomic E-state index is 12.7. The highest BCUT2D eigenvalue weighted by Gasteiger charge is 2.30. The highest BCUT2D eigenvalue weighted by Crippen LogP contribution is 2.33. The van der Waals surface area contributed by atoms with Crippen molar-refractivity contribution in [3.63, 3.8) is 0 Å². The maximum atomic E-state index is 12.7. The molecule has 1 aliphatic heterocycles. The van der Waals surface area contributed by atoms with Crippen LogP contribution in [0.2, 0.25) is 0 Å². The van der Waals surface area contributed by atoms with Gasteiger partial charge in [0.05, 0.1) is 16.2 Å². The van der Waals surface area contributed by atoms with Crippen molar-refractivity contribution in [1.82, 2.24) is 5.32 Å². The van der Waals surface area contributed by atoms with Crippen LogP contribution in [0.25, 0.3) is 6.08 Å². The van der Waals surface area contributed by atoms with E-state index in [1.807, 2.05) is 0 Å². The molecule has 2 aromatic rings. The fourth-order valence-electron chi connectivity index (χ4n) is 2.12. The summed E-state index contributed by atoms with van der Waals surface area (Å²) in [5.74, 6) is -0.338. The summed E-state index contributed by atoms with van der Waals surface area (Å²) >= 11 is 1.02. The first-order chi connectivity index (χ1) is 11.8. The number of amides is 1. The SMILES string of the molecule is O=C1NC(=Nc2cccc(C(F)(F)F)c2)S/C1=C/c1cccc(O)c1. The monoisotopic (exact) mass is 364 g/mol. The van der Waals surface area contributed by atoms with Gasteiger partial charge < -0.3 is 10.4 Å². The van der Waals surface area contributed by atoms with Crippen molar-refractivity contribution in [3.8, 4) is 5.75 Å². The van der Waals surface area contributed by atoms with Crippen LogP contribution in [0.4, 0.5) is 18.9 Å². The Labute approximate surface area is 145 Å². The zero-order chi connectivity index (χ0) is 18.0. The number of amidine groups is 1. The van der Waals surface area contributed by atoms with E-state index in [2.05, 4.69) is 10.3 Å². The van der Waals surface area contributed by atoms with Crippen molar-refractivity contribution in [2.45, 2.75) is 6.18 Å². The molecule has 0 bridgehead atoms. The molecule has 25 heavy (non-hydrogen) atoms. The van der Waals surface area contributed by atoms with Crippen LogP contribution in [0.5, 0.6) is 5.75 Å². The smallest absolute Gasteiger partial charge is 0.416 e. The number of aliphatic imine (C=N–C) groups is 1. The number of benzene rings is 2. The summed E-state index contributed by atoms with van der Waals surface area (Å²) < 4.78 is 38.2. The molecule has 1 aliphatic rings. The lowest BCUT2D eigenvalue weighted by molar-refractivity contribution is -0.137. The van der Waals surface area contributed by atoms with Gasteiger partial charge in [-0.15, -0.1) is 0 Å². The molecule has 0 aromatic heterocycles. The van der Waals surface area contributed by atoms with E-state index in [4.69, 9.17) is 0 Å². The van der Waals surface area contributed by atoms with Gasteiger partial charge in [-0.2, -0.15) is 13.2 Å². The summed E-state index contributed by atoms with van der Waals surface area (Å²) in [5, 5.41) is 12.1. The molecule has 0 spiro atoms. The average molecular weight is 364 g/mol. The third-order valence-electron chi connectivity index (χ3n) is 3.22. The summed E-state index contributed by atoms with van der Waals surface area (Å²) in [6, 6.07) is 10.9. The summed E-state index contributed by atoms with van der Waals surface area (Å²) in [6.45, 7) is 0. The number of halogens is 3. The van der Waals surface area contributed by atoms with Crippen molar-refractivity contribution in [2.75, 3.05) is 0 Å². The van der Waals surface area contributed by atoms with Crippen molar-refractivity contribution in [3.05, 3.63) is 64.6 Å². The molecule has 3 rings (SSSR count). The van der Waals surface area contributed by atoms with E-state index >= 15 is 0 Å². The van der Waals surface area contributed by atoms with Gasteiger partial charge in [0, 0.05) is 0 Å². The zero-order valence-electron chi connectivity index (χ0n) is 12.5. The Morgan fingerprint density at radius 2 is 1.88 bits per heavy atom. The first-order valence-corrected chi connectivity index (χ1v) is 7.89. The van der Waals surface area contributed by atoms with Crippen LogP contribution >= 0.6 is 11.8 Å². The minimum Gasteiger partial charge on any atom is -0.508 e. The number of phenolic OH excluding ortho intramolecular Hbond substituents is 1. The predicted molar refractivity (Wildman–Crippen MR) is 90.4 cm³/mol. The number of rotatable bonds is 2. The minimum atomic E-state index is -4.46. The lowest BCUT2D eigenvalue weighted by Crippen LogP contribution is -2.19. The van der Waals surface area contributed by atoms with Gasteiger partial charge in [-0.1, -0.05) is 18.2 Å². The molecule has 2 N–H and O–H groups in total. The number of nitrogens with one attached hydrogen (secondary N) is 1. The molecule has 4 nitrogen and oxygen atoms in total. The number of thioether (sulfide) groups is 1. The number of hydrogen-bond donors (Lipinski definition) is 2. The van der Waals surface area contributed by atoms with Gasteiger partial charge in [0.15, 0.2) is 5.17 Å². The molecule has 1 heterocycles. The van der Waals surface area contributed by atoms with Crippen LogP contribution in [-0.4, -0.2) is 16.2 Å². The molecule has 0 radical (unpaired) electrons. The summed E-state index contributed by atoms with van der Waals surface area (Å²) in [4.78, 5) is 16.3. The Bertz CT molecular complexity index is 891. The number of alkyl halides is 3. The molecule has 0 atom stereocenters. The Hall–Kier alpha value is -2.74. The third-order valence-corrected chi connectivity index (χ3v) is 4.13. The second kappa shape index (κ2) is 6.64. The van der Waals surface area contributed by atoms with E-state index in [0.717, 1.165) is 23.9 Å². The van der Waals surface area contributed by atoms with Gasteiger partial charge in [0.1, 0.15) is 5.75 Å². The zero-order valence-corrected chi connectivity index (χ0v) is 13.4. The Morgan fingerprint density at radius 3 is 2.60 bits per heavy atom. The average Bonchev–Trinajstić information content (AvgIpc) is 2.86. The fraction of sp³-hybridized carbons (Fsp3) is 0.0588. The summed E-state index contributed by atoms with van der Waals surface area (Å²) in [6.07, 6.45) is -2.89. The Kier molecular flexibility index (Phi) is 4.54. The molecule has 128 valence electrons. The van der Waals surface area contributed by atoms with Gasteiger partial charge in [-0.3, -0.25) is 4.79 Å². The minimum absolute atomic E-state index is 0.0654. The van der Waals surface area contributed by atoms with Crippen molar-refractivity contribution in [2.24, 2.45) is 4.99 Å². The molecule has 0 unspecified atom stereocenters.